The fraction of sp³-hybridized carbons (Fsp3) is 0.846. The number of methoxy groups -OCH3 is 1. The molecular formula is C39H70O14S2. The Kier molecular flexibility index (Phi) is 28.9. The summed E-state index contributed by atoms with van der Waals surface area (Å²) in [6.45, 7) is 3.70. The number of carbonyl (C=O) groups excluding carboxylic acids is 2. The SMILES string of the molecule is CCCCCCCCCCCCC/C=C/C(=O)OC[C@H]1O[C@H](OC)[C@H](OC(=O)/C=C/CCCCCCCCCCCCC)[C@@H](OS(=O)(=O)O)[C@H]1OS(=O)(=O)O. The number of unbranched alkanes of at least 4 members (excludes halogenated alkanes) is 22. The Morgan fingerprint density at radius 1 is 0.564 bits per heavy atom. The van der Waals surface area contributed by atoms with Crippen molar-refractivity contribution in [3.63, 3.8) is 0 Å². The van der Waals surface area contributed by atoms with E-state index in [-0.39, 0.29) is 0 Å². The Morgan fingerprint density at radius 2 is 0.945 bits per heavy atom. The van der Waals surface area contributed by atoms with Crippen molar-refractivity contribution in [2.24, 2.45) is 0 Å². The second-order valence-electron chi connectivity index (χ2n) is 14.2. The van der Waals surface area contributed by atoms with E-state index in [4.69, 9.17) is 23.1 Å². The minimum absolute atomic E-state index is 0.571. The van der Waals surface area contributed by atoms with E-state index < -0.39 is 70.0 Å². The molecule has 1 fully saturated rings. The van der Waals surface area contributed by atoms with Gasteiger partial charge in [-0.25, -0.2) is 18.0 Å². The zero-order valence-corrected chi connectivity index (χ0v) is 35.1. The summed E-state index contributed by atoms with van der Waals surface area (Å²) in [5.41, 5.74) is 0. The highest BCUT2D eigenvalue weighted by Gasteiger charge is 2.53. The summed E-state index contributed by atoms with van der Waals surface area (Å²) in [5, 5.41) is 0. The largest absolute Gasteiger partial charge is 0.460 e. The van der Waals surface area contributed by atoms with Crippen LogP contribution >= 0.6 is 0 Å². The standard InChI is InChI=1S/C39H70O14S2/c1-4-6-8-10-12-14-16-18-20-22-24-26-28-30-34(40)49-32-33-36(52-54(42,43)44)37(53-55(45,46)47)38(39(48-3)50-33)51-35(41)31-29-27-25-23-21-19-17-15-13-11-9-7-5-2/h28-31,33,36-39H,4-27,32H2,1-3H3,(H,42,43,44)(H,45,46,47)/b30-28+,31-29+/t33-,36+,37+,38-,39+/m1/s1. The maximum absolute atomic E-state index is 12.8. The number of ether oxygens (including phenoxy) is 4. The van der Waals surface area contributed by atoms with Crippen molar-refractivity contribution in [1.82, 2.24) is 0 Å². The summed E-state index contributed by atoms with van der Waals surface area (Å²) >= 11 is 0. The summed E-state index contributed by atoms with van der Waals surface area (Å²) in [4.78, 5) is 25.2. The zero-order valence-electron chi connectivity index (χ0n) is 33.5. The monoisotopic (exact) mass is 826 g/mol. The van der Waals surface area contributed by atoms with E-state index in [0.29, 0.717) is 12.8 Å². The summed E-state index contributed by atoms with van der Waals surface area (Å²) in [6.07, 6.45) is 23.5. The Balaban J connectivity index is 2.70. The Bertz CT molecular complexity index is 1290. The molecule has 0 spiro atoms. The van der Waals surface area contributed by atoms with Crippen LogP contribution < -0.4 is 0 Å². The molecule has 1 heterocycles. The molecule has 1 aliphatic rings. The number of hydrogen-bond acceptors (Lipinski definition) is 12. The Morgan fingerprint density at radius 3 is 1.35 bits per heavy atom. The van der Waals surface area contributed by atoms with Gasteiger partial charge in [-0.2, -0.15) is 16.8 Å². The summed E-state index contributed by atoms with van der Waals surface area (Å²) < 4.78 is 97.2. The van der Waals surface area contributed by atoms with E-state index in [9.17, 15) is 35.5 Å². The van der Waals surface area contributed by atoms with Crippen molar-refractivity contribution < 1.29 is 62.8 Å². The molecule has 0 aromatic heterocycles. The molecule has 14 nitrogen and oxygen atoms in total. The third-order valence-corrected chi connectivity index (χ3v) is 10.3. The van der Waals surface area contributed by atoms with Crippen LogP contribution in [0.1, 0.15) is 168 Å². The van der Waals surface area contributed by atoms with Gasteiger partial charge in [0.15, 0.2) is 18.5 Å². The van der Waals surface area contributed by atoms with Gasteiger partial charge in [-0.15, -0.1) is 0 Å². The van der Waals surface area contributed by atoms with Gasteiger partial charge in [0.05, 0.1) is 0 Å². The average Bonchev–Trinajstić information content (AvgIpc) is 3.12. The lowest BCUT2D eigenvalue weighted by molar-refractivity contribution is -0.289. The lowest BCUT2D eigenvalue weighted by Gasteiger charge is -2.42. The van der Waals surface area contributed by atoms with Crippen molar-refractivity contribution in [1.29, 1.82) is 0 Å². The van der Waals surface area contributed by atoms with E-state index in [1.165, 1.54) is 102 Å². The highest BCUT2D eigenvalue weighted by Crippen LogP contribution is 2.31. The lowest BCUT2D eigenvalue weighted by atomic mass is 9.99. The van der Waals surface area contributed by atoms with Crippen LogP contribution in [0.3, 0.4) is 0 Å². The van der Waals surface area contributed by atoms with E-state index >= 15 is 0 Å². The number of esters is 2. The first-order valence-electron chi connectivity index (χ1n) is 20.5. The molecule has 0 bridgehead atoms. The highest BCUT2D eigenvalue weighted by molar-refractivity contribution is 7.81. The van der Waals surface area contributed by atoms with Crippen LogP contribution in [0.5, 0.6) is 0 Å². The highest BCUT2D eigenvalue weighted by atomic mass is 32.3. The fourth-order valence-corrected chi connectivity index (χ4v) is 7.45. The number of allylic oxidation sites excluding steroid dienone is 2. The summed E-state index contributed by atoms with van der Waals surface area (Å²) in [7, 11) is -9.53. The summed E-state index contributed by atoms with van der Waals surface area (Å²) in [5.74, 6) is -1.78. The quantitative estimate of drug-likeness (QED) is 0.0270. The predicted molar refractivity (Wildman–Crippen MR) is 210 cm³/mol. The molecule has 322 valence electrons. The number of carbonyl (C=O) groups is 2. The fourth-order valence-electron chi connectivity index (χ4n) is 6.43. The lowest BCUT2D eigenvalue weighted by Crippen LogP contribution is -2.62. The van der Waals surface area contributed by atoms with E-state index in [1.807, 2.05) is 0 Å². The van der Waals surface area contributed by atoms with Gasteiger partial charge in [-0.1, -0.05) is 154 Å². The first-order chi connectivity index (χ1) is 26.3. The average molecular weight is 827 g/mol. The van der Waals surface area contributed by atoms with Gasteiger partial charge >= 0.3 is 32.7 Å². The number of hydrogen-bond donors (Lipinski definition) is 2. The molecule has 0 aromatic rings. The topological polar surface area (TPSA) is 198 Å². The molecule has 0 unspecified atom stereocenters. The molecule has 0 radical (unpaired) electrons. The first kappa shape index (κ1) is 51.1. The third kappa shape index (κ3) is 27.4. The maximum atomic E-state index is 12.8. The van der Waals surface area contributed by atoms with Gasteiger partial charge < -0.3 is 18.9 Å². The van der Waals surface area contributed by atoms with Gasteiger partial charge in [-0.05, 0) is 25.7 Å². The molecule has 2 N–H and O–H groups in total. The molecule has 16 heteroatoms. The normalized spacial score (nSPS) is 20.7. The second-order valence-corrected chi connectivity index (χ2v) is 16.3. The smallest absolute Gasteiger partial charge is 0.397 e. The summed E-state index contributed by atoms with van der Waals surface area (Å²) in [6, 6.07) is 0. The molecule has 0 aromatic carbocycles. The third-order valence-electron chi connectivity index (χ3n) is 9.39. The zero-order chi connectivity index (χ0) is 40.8. The van der Waals surface area contributed by atoms with Crippen LogP contribution in [0.15, 0.2) is 24.3 Å². The molecule has 55 heavy (non-hydrogen) atoms. The van der Waals surface area contributed by atoms with Crippen molar-refractivity contribution in [2.45, 2.75) is 199 Å². The van der Waals surface area contributed by atoms with Crippen LogP contribution in [0.4, 0.5) is 0 Å². The molecular weight excluding hydrogens is 757 g/mol. The Hall–Kier alpha value is -1.92. The molecule has 0 aliphatic carbocycles. The number of rotatable bonds is 34. The van der Waals surface area contributed by atoms with Crippen molar-refractivity contribution in [2.75, 3.05) is 13.7 Å². The van der Waals surface area contributed by atoms with Crippen molar-refractivity contribution >= 4 is 32.7 Å². The predicted octanol–water partition coefficient (Wildman–Crippen LogP) is 8.70. The van der Waals surface area contributed by atoms with Gasteiger partial charge in [0.25, 0.3) is 0 Å². The van der Waals surface area contributed by atoms with Crippen molar-refractivity contribution in [3.8, 4) is 0 Å². The van der Waals surface area contributed by atoms with Crippen LogP contribution in [0.25, 0.3) is 0 Å². The van der Waals surface area contributed by atoms with Crippen molar-refractivity contribution in [3.05, 3.63) is 24.3 Å². The van der Waals surface area contributed by atoms with Crippen LogP contribution in [-0.4, -0.2) is 82.3 Å². The van der Waals surface area contributed by atoms with Gasteiger partial charge in [0.1, 0.15) is 18.8 Å². The molecule has 1 saturated heterocycles. The van der Waals surface area contributed by atoms with Gasteiger partial charge in [0, 0.05) is 19.3 Å². The minimum Gasteiger partial charge on any atom is -0.460 e. The van der Waals surface area contributed by atoms with E-state index in [2.05, 4.69) is 18.0 Å². The van der Waals surface area contributed by atoms with E-state index in [1.54, 1.807) is 12.2 Å². The Labute approximate surface area is 331 Å². The first-order valence-corrected chi connectivity index (χ1v) is 23.2. The van der Waals surface area contributed by atoms with Crippen LogP contribution in [0, 0.1) is 0 Å². The van der Waals surface area contributed by atoms with E-state index in [0.717, 1.165) is 58.1 Å². The van der Waals surface area contributed by atoms with Crippen LogP contribution in [0.2, 0.25) is 0 Å². The minimum atomic E-state index is -5.34. The van der Waals surface area contributed by atoms with Gasteiger partial charge in [-0.3, -0.25) is 9.11 Å². The molecule has 5 atom stereocenters. The van der Waals surface area contributed by atoms with Gasteiger partial charge in [0.2, 0.25) is 0 Å². The van der Waals surface area contributed by atoms with Crippen LogP contribution in [-0.2, 0) is 57.7 Å². The molecule has 1 rings (SSSR count). The molecule has 0 saturated carbocycles. The second kappa shape index (κ2) is 31.1. The molecule has 0 amide bonds. The molecule has 1 aliphatic heterocycles. The maximum Gasteiger partial charge on any atom is 0.397 e.